The summed E-state index contributed by atoms with van der Waals surface area (Å²) in [5.74, 6) is 0.357. The van der Waals surface area contributed by atoms with Crippen molar-refractivity contribution in [2.45, 2.75) is 27.7 Å². The van der Waals surface area contributed by atoms with E-state index in [-0.39, 0.29) is 0 Å². The van der Waals surface area contributed by atoms with Crippen LogP contribution in [0.15, 0.2) is 72.4 Å². The van der Waals surface area contributed by atoms with Crippen LogP contribution in [0.1, 0.15) is 27.7 Å². The Labute approximate surface area is 106 Å². The van der Waals surface area contributed by atoms with E-state index in [1.807, 2.05) is 39.0 Å². The predicted octanol–water partition coefficient (Wildman–Crippen LogP) is 5.39. The molecule has 0 heteroatoms. The van der Waals surface area contributed by atoms with E-state index in [0.29, 0.717) is 5.92 Å². The number of hydrogen-bond acceptors (Lipinski definition) is 0. The first kappa shape index (κ1) is 15.4. The molecule has 0 N–H and O–H groups in total. The molecule has 0 aromatic heterocycles. The minimum absolute atomic E-state index is 0.357. The molecule has 0 spiro atoms. The molecule has 0 aliphatic rings. The van der Waals surface area contributed by atoms with Crippen LogP contribution in [-0.4, -0.2) is 0 Å². The lowest BCUT2D eigenvalue weighted by atomic mass is 9.91. The van der Waals surface area contributed by atoms with Gasteiger partial charge in [-0.15, -0.1) is 0 Å². The number of rotatable bonds is 6. The normalized spacial score (nSPS) is 16.2. The Bertz CT molecular complexity index is 359. The Morgan fingerprint density at radius 1 is 0.882 bits per heavy atom. The first-order valence-electron chi connectivity index (χ1n) is 6.12. The maximum atomic E-state index is 3.89. The molecule has 92 valence electrons. The van der Waals surface area contributed by atoms with Crippen molar-refractivity contribution in [3.05, 3.63) is 72.4 Å². The van der Waals surface area contributed by atoms with Gasteiger partial charge in [-0.3, -0.25) is 0 Å². The molecule has 0 saturated heterocycles. The van der Waals surface area contributed by atoms with Crippen LogP contribution < -0.4 is 0 Å². The molecule has 0 rings (SSSR count). The van der Waals surface area contributed by atoms with Crippen molar-refractivity contribution in [3.8, 4) is 0 Å². The summed E-state index contributed by atoms with van der Waals surface area (Å²) in [6.45, 7) is 12.2. The monoisotopic (exact) mass is 228 g/mol. The first-order valence-corrected chi connectivity index (χ1v) is 6.12. The van der Waals surface area contributed by atoms with E-state index >= 15 is 0 Å². The zero-order chi connectivity index (χ0) is 13.1. The number of allylic oxidation sites excluding steroid dienone is 11. The second-order valence-electron chi connectivity index (χ2n) is 3.81. The lowest BCUT2D eigenvalue weighted by Gasteiger charge is -2.13. The summed E-state index contributed by atoms with van der Waals surface area (Å²) in [4.78, 5) is 0. The Morgan fingerprint density at radius 3 is 1.82 bits per heavy atom. The van der Waals surface area contributed by atoms with Gasteiger partial charge < -0.3 is 0 Å². The van der Waals surface area contributed by atoms with Gasteiger partial charge in [0, 0.05) is 5.92 Å². The fraction of sp³-hybridized carbons (Fsp3) is 0.294. The molecule has 0 fully saturated rings. The van der Waals surface area contributed by atoms with Gasteiger partial charge in [-0.25, -0.2) is 0 Å². The summed E-state index contributed by atoms with van der Waals surface area (Å²) >= 11 is 0. The molecule has 0 aliphatic heterocycles. The van der Waals surface area contributed by atoms with Gasteiger partial charge in [-0.2, -0.15) is 0 Å². The van der Waals surface area contributed by atoms with Crippen LogP contribution in [0.5, 0.6) is 0 Å². The third kappa shape index (κ3) is 5.91. The molecular formula is C17H24. The molecule has 0 radical (unpaired) electrons. The molecule has 1 atom stereocenters. The molecule has 0 heterocycles. The quantitative estimate of drug-likeness (QED) is 0.535. The zero-order valence-corrected chi connectivity index (χ0v) is 11.5. The average molecular weight is 228 g/mol. The molecule has 0 aromatic carbocycles. The highest BCUT2D eigenvalue weighted by Crippen LogP contribution is 2.22. The van der Waals surface area contributed by atoms with Crippen molar-refractivity contribution in [2.24, 2.45) is 5.92 Å². The molecular weight excluding hydrogens is 204 g/mol. The van der Waals surface area contributed by atoms with Crippen LogP contribution in [0.3, 0.4) is 0 Å². The Balaban J connectivity index is 5.18. The van der Waals surface area contributed by atoms with Gasteiger partial charge in [-0.05, 0) is 31.9 Å². The zero-order valence-electron chi connectivity index (χ0n) is 11.5. The molecule has 0 nitrogen and oxygen atoms in total. The van der Waals surface area contributed by atoms with Gasteiger partial charge in [0.05, 0.1) is 0 Å². The van der Waals surface area contributed by atoms with Crippen LogP contribution in [0.2, 0.25) is 0 Å². The minimum atomic E-state index is 0.357. The predicted molar refractivity (Wildman–Crippen MR) is 80.0 cm³/mol. The first-order chi connectivity index (χ1) is 8.21. The van der Waals surface area contributed by atoms with Crippen molar-refractivity contribution in [3.63, 3.8) is 0 Å². The second kappa shape index (κ2) is 9.65. The standard InChI is InChI=1S/C17H24/c1-6-10-13-16(9-4)15(5)17(12-8-3)14-11-7-2/h6-15H,4H2,1-3,5H3/b10-6-,11-7-,12-8-,16-13+,17-14+. The third-order valence-corrected chi connectivity index (χ3v) is 2.56. The summed E-state index contributed by atoms with van der Waals surface area (Å²) in [6, 6.07) is 0. The highest BCUT2D eigenvalue weighted by Gasteiger charge is 2.07. The largest absolute Gasteiger partial charge is 0.0988 e. The van der Waals surface area contributed by atoms with E-state index in [1.165, 1.54) is 11.1 Å². The van der Waals surface area contributed by atoms with Gasteiger partial charge in [0.2, 0.25) is 0 Å². The van der Waals surface area contributed by atoms with E-state index in [0.717, 1.165) is 0 Å². The Kier molecular flexibility index (Phi) is 8.77. The van der Waals surface area contributed by atoms with E-state index in [1.54, 1.807) is 0 Å². The van der Waals surface area contributed by atoms with Crippen LogP contribution in [0.4, 0.5) is 0 Å². The molecule has 0 amide bonds. The van der Waals surface area contributed by atoms with Crippen molar-refractivity contribution >= 4 is 0 Å². The second-order valence-corrected chi connectivity index (χ2v) is 3.81. The maximum Gasteiger partial charge on any atom is 0.00606 e. The topological polar surface area (TPSA) is 0 Å². The fourth-order valence-electron chi connectivity index (χ4n) is 1.53. The summed E-state index contributed by atoms with van der Waals surface area (Å²) in [5, 5.41) is 0. The SMILES string of the molecule is C=C/C(=C\C=C/C)C(C)C(/C=C\C)=C/C=C\C. The van der Waals surface area contributed by atoms with Gasteiger partial charge >= 0.3 is 0 Å². The highest BCUT2D eigenvalue weighted by atomic mass is 14.1. The van der Waals surface area contributed by atoms with E-state index < -0.39 is 0 Å². The van der Waals surface area contributed by atoms with Crippen LogP contribution >= 0.6 is 0 Å². The lowest BCUT2D eigenvalue weighted by molar-refractivity contribution is 0.848. The Morgan fingerprint density at radius 2 is 1.41 bits per heavy atom. The summed E-state index contributed by atoms with van der Waals surface area (Å²) < 4.78 is 0. The van der Waals surface area contributed by atoms with Gasteiger partial charge in [0.25, 0.3) is 0 Å². The lowest BCUT2D eigenvalue weighted by Crippen LogP contribution is -1.99. The van der Waals surface area contributed by atoms with Gasteiger partial charge in [0.15, 0.2) is 0 Å². The summed E-state index contributed by atoms with van der Waals surface area (Å²) in [7, 11) is 0. The van der Waals surface area contributed by atoms with Gasteiger partial charge in [-0.1, -0.05) is 68.2 Å². The van der Waals surface area contributed by atoms with Crippen molar-refractivity contribution in [1.82, 2.24) is 0 Å². The molecule has 0 aliphatic carbocycles. The van der Waals surface area contributed by atoms with E-state index in [4.69, 9.17) is 0 Å². The van der Waals surface area contributed by atoms with E-state index in [9.17, 15) is 0 Å². The molecule has 0 bridgehead atoms. The molecule has 0 aromatic rings. The van der Waals surface area contributed by atoms with Crippen LogP contribution in [-0.2, 0) is 0 Å². The highest BCUT2D eigenvalue weighted by molar-refractivity contribution is 5.37. The van der Waals surface area contributed by atoms with E-state index in [2.05, 4.69) is 50.0 Å². The smallest absolute Gasteiger partial charge is 0.00606 e. The maximum absolute atomic E-state index is 3.89. The summed E-state index contributed by atoms with van der Waals surface area (Å²) in [6.07, 6.45) is 18.6. The molecule has 0 saturated carbocycles. The van der Waals surface area contributed by atoms with Crippen molar-refractivity contribution < 1.29 is 0 Å². The van der Waals surface area contributed by atoms with Crippen molar-refractivity contribution in [1.29, 1.82) is 0 Å². The van der Waals surface area contributed by atoms with Crippen LogP contribution in [0, 0.1) is 5.92 Å². The Hall–Kier alpha value is -1.56. The minimum Gasteiger partial charge on any atom is -0.0988 e. The van der Waals surface area contributed by atoms with Crippen molar-refractivity contribution in [2.75, 3.05) is 0 Å². The van der Waals surface area contributed by atoms with Crippen LogP contribution in [0.25, 0.3) is 0 Å². The number of hydrogen-bond donors (Lipinski definition) is 0. The fourth-order valence-corrected chi connectivity index (χ4v) is 1.53. The molecule has 17 heavy (non-hydrogen) atoms. The molecule has 1 unspecified atom stereocenters. The third-order valence-electron chi connectivity index (χ3n) is 2.56. The summed E-state index contributed by atoms with van der Waals surface area (Å²) in [5.41, 5.74) is 2.53. The average Bonchev–Trinajstić information content (AvgIpc) is 2.35. The van der Waals surface area contributed by atoms with Gasteiger partial charge in [0.1, 0.15) is 0 Å².